The Morgan fingerprint density at radius 1 is 1.23 bits per heavy atom. The number of fused-ring (bicyclic) bond motifs is 1. The minimum absolute atomic E-state index is 0.0616. The van der Waals surface area contributed by atoms with Crippen molar-refractivity contribution in [2.24, 2.45) is 0 Å². The molecule has 22 heavy (non-hydrogen) atoms. The summed E-state index contributed by atoms with van der Waals surface area (Å²) in [7, 11) is 0. The molecule has 1 aromatic carbocycles. The third-order valence-electron chi connectivity index (χ3n) is 3.20. The lowest BCUT2D eigenvalue weighted by Gasteiger charge is -2.10. The lowest BCUT2D eigenvalue weighted by Crippen LogP contribution is -2.29. The lowest BCUT2D eigenvalue weighted by atomic mass is 10.1. The number of hydrogen-bond donors (Lipinski definition) is 0. The Morgan fingerprint density at radius 3 is 2.45 bits per heavy atom. The van der Waals surface area contributed by atoms with Gasteiger partial charge in [0, 0.05) is 0 Å². The van der Waals surface area contributed by atoms with E-state index in [0.717, 1.165) is 4.90 Å². The SMILES string of the molecule is CCOC(=O)c1cnc(CN2C(=O)c3ccccc3C2=O)o1. The van der Waals surface area contributed by atoms with Crippen molar-refractivity contribution in [1.29, 1.82) is 0 Å². The minimum Gasteiger partial charge on any atom is -0.460 e. The molecular formula is C15H12N2O5. The van der Waals surface area contributed by atoms with E-state index in [1.807, 2.05) is 0 Å². The molecule has 7 heteroatoms. The van der Waals surface area contributed by atoms with E-state index in [1.165, 1.54) is 6.20 Å². The minimum atomic E-state index is -0.636. The first-order chi connectivity index (χ1) is 10.6. The lowest BCUT2D eigenvalue weighted by molar-refractivity contribution is 0.0486. The maximum absolute atomic E-state index is 12.2. The van der Waals surface area contributed by atoms with Gasteiger partial charge in [0.25, 0.3) is 11.8 Å². The third kappa shape index (κ3) is 2.26. The Hall–Kier alpha value is -2.96. The molecule has 1 aliphatic rings. The molecule has 2 aromatic rings. The van der Waals surface area contributed by atoms with Crippen LogP contribution in [0.2, 0.25) is 0 Å². The molecular weight excluding hydrogens is 288 g/mol. The standard InChI is InChI=1S/C15H12N2O5/c1-2-21-15(20)11-7-16-12(22-11)8-17-13(18)9-5-3-4-6-10(9)14(17)19/h3-7H,2,8H2,1H3. The summed E-state index contributed by atoms with van der Waals surface area (Å²) in [6.45, 7) is 1.76. The highest BCUT2D eigenvalue weighted by Crippen LogP contribution is 2.24. The molecule has 0 fully saturated rings. The van der Waals surface area contributed by atoms with E-state index in [9.17, 15) is 14.4 Å². The van der Waals surface area contributed by atoms with Crippen LogP contribution in [0.15, 0.2) is 34.9 Å². The number of ether oxygens (including phenoxy) is 1. The summed E-state index contributed by atoms with van der Waals surface area (Å²) in [4.78, 5) is 40.8. The molecule has 1 aromatic heterocycles. The number of esters is 1. The molecule has 3 rings (SSSR count). The average molecular weight is 300 g/mol. The fraction of sp³-hybridized carbons (Fsp3) is 0.200. The van der Waals surface area contributed by atoms with Crippen LogP contribution < -0.4 is 0 Å². The van der Waals surface area contributed by atoms with Crippen LogP contribution in [0, 0.1) is 0 Å². The molecule has 0 spiro atoms. The average Bonchev–Trinajstić information content (AvgIpc) is 3.08. The van der Waals surface area contributed by atoms with Gasteiger partial charge >= 0.3 is 5.97 Å². The summed E-state index contributed by atoms with van der Waals surface area (Å²) in [6.07, 6.45) is 1.21. The smallest absolute Gasteiger partial charge is 0.375 e. The fourth-order valence-corrected chi connectivity index (χ4v) is 2.20. The van der Waals surface area contributed by atoms with E-state index in [0.29, 0.717) is 11.1 Å². The topological polar surface area (TPSA) is 89.7 Å². The summed E-state index contributed by atoms with van der Waals surface area (Å²) in [5, 5.41) is 0. The molecule has 0 unspecified atom stereocenters. The molecule has 0 atom stereocenters. The highest BCUT2D eigenvalue weighted by atomic mass is 16.5. The van der Waals surface area contributed by atoms with Crippen molar-refractivity contribution >= 4 is 17.8 Å². The van der Waals surface area contributed by atoms with Crippen LogP contribution in [0.3, 0.4) is 0 Å². The normalized spacial score (nSPS) is 13.4. The first-order valence-corrected chi connectivity index (χ1v) is 6.69. The zero-order chi connectivity index (χ0) is 15.7. The first-order valence-electron chi connectivity index (χ1n) is 6.69. The van der Waals surface area contributed by atoms with E-state index >= 15 is 0 Å². The highest BCUT2D eigenvalue weighted by Gasteiger charge is 2.36. The van der Waals surface area contributed by atoms with Gasteiger partial charge in [-0.2, -0.15) is 0 Å². The number of carbonyl (C=O) groups is 3. The largest absolute Gasteiger partial charge is 0.460 e. The van der Waals surface area contributed by atoms with Gasteiger partial charge in [0.2, 0.25) is 11.7 Å². The van der Waals surface area contributed by atoms with Crippen molar-refractivity contribution in [3.8, 4) is 0 Å². The molecule has 2 heterocycles. The second kappa shape index (κ2) is 5.44. The van der Waals surface area contributed by atoms with E-state index in [-0.39, 0.29) is 24.8 Å². The van der Waals surface area contributed by atoms with Crippen LogP contribution in [0.25, 0.3) is 0 Å². The van der Waals surface area contributed by atoms with Crippen LogP contribution in [0.5, 0.6) is 0 Å². The number of nitrogens with zero attached hydrogens (tertiary/aromatic N) is 2. The quantitative estimate of drug-likeness (QED) is 0.630. The van der Waals surface area contributed by atoms with E-state index in [2.05, 4.69) is 4.98 Å². The van der Waals surface area contributed by atoms with Gasteiger partial charge in [0.1, 0.15) is 6.54 Å². The number of benzene rings is 1. The fourth-order valence-electron chi connectivity index (χ4n) is 2.20. The number of imide groups is 1. The van der Waals surface area contributed by atoms with Gasteiger partial charge in [-0.15, -0.1) is 0 Å². The number of amides is 2. The zero-order valence-electron chi connectivity index (χ0n) is 11.7. The summed E-state index contributed by atoms with van der Waals surface area (Å²) < 4.78 is 10.0. The second-order valence-corrected chi connectivity index (χ2v) is 4.58. The van der Waals surface area contributed by atoms with Gasteiger partial charge in [-0.1, -0.05) is 12.1 Å². The third-order valence-corrected chi connectivity index (χ3v) is 3.20. The Kier molecular flexibility index (Phi) is 3.46. The molecule has 1 aliphatic heterocycles. The van der Waals surface area contributed by atoms with Crippen molar-refractivity contribution in [3.63, 3.8) is 0 Å². The van der Waals surface area contributed by atoms with Gasteiger partial charge in [0.15, 0.2) is 0 Å². The van der Waals surface area contributed by atoms with Crippen LogP contribution in [0.1, 0.15) is 44.1 Å². The Labute approximate surface area is 125 Å². The van der Waals surface area contributed by atoms with Gasteiger partial charge in [-0.3, -0.25) is 14.5 Å². The maximum atomic E-state index is 12.2. The predicted molar refractivity (Wildman–Crippen MR) is 73.1 cm³/mol. The molecule has 0 saturated heterocycles. The molecule has 0 radical (unpaired) electrons. The van der Waals surface area contributed by atoms with Crippen LogP contribution >= 0.6 is 0 Å². The Bertz CT molecular complexity index is 730. The number of aromatic nitrogens is 1. The zero-order valence-corrected chi connectivity index (χ0v) is 11.7. The van der Waals surface area contributed by atoms with Crippen molar-refractivity contribution in [2.75, 3.05) is 6.61 Å². The van der Waals surface area contributed by atoms with Crippen molar-refractivity contribution in [1.82, 2.24) is 9.88 Å². The number of oxazole rings is 1. The van der Waals surface area contributed by atoms with E-state index in [4.69, 9.17) is 9.15 Å². The predicted octanol–water partition coefficient (Wildman–Crippen LogP) is 1.65. The molecule has 7 nitrogen and oxygen atoms in total. The molecule has 0 saturated carbocycles. The Balaban J connectivity index is 1.79. The monoisotopic (exact) mass is 300 g/mol. The van der Waals surface area contributed by atoms with Crippen molar-refractivity contribution in [3.05, 3.63) is 53.2 Å². The number of carbonyl (C=O) groups excluding carboxylic acids is 3. The van der Waals surface area contributed by atoms with Gasteiger partial charge in [-0.25, -0.2) is 9.78 Å². The molecule has 112 valence electrons. The van der Waals surface area contributed by atoms with Gasteiger partial charge in [-0.05, 0) is 19.1 Å². The first kappa shape index (κ1) is 14.0. The highest BCUT2D eigenvalue weighted by molar-refractivity contribution is 6.21. The summed E-state index contributed by atoms with van der Waals surface area (Å²) >= 11 is 0. The number of rotatable bonds is 4. The number of hydrogen-bond acceptors (Lipinski definition) is 6. The summed E-state index contributed by atoms with van der Waals surface area (Å²) in [5.41, 5.74) is 0.703. The van der Waals surface area contributed by atoms with Crippen molar-refractivity contribution < 1.29 is 23.5 Å². The molecule has 0 aliphatic carbocycles. The Morgan fingerprint density at radius 2 is 1.86 bits per heavy atom. The van der Waals surface area contributed by atoms with Crippen molar-refractivity contribution in [2.45, 2.75) is 13.5 Å². The maximum Gasteiger partial charge on any atom is 0.375 e. The molecule has 0 bridgehead atoms. The second-order valence-electron chi connectivity index (χ2n) is 4.58. The van der Waals surface area contributed by atoms with E-state index in [1.54, 1.807) is 31.2 Å². The van der Waals surface area contributed by atoms with Gasteiger partial charge < -0.3 is 9.15 Å². The van der Waals surface area contributed by atoms with Crippen LogP contribution in [-0.4, -0.2) is 34.3 Å². The summed E-state index contributed by atoms with van der Waals surface area (Å²) in [5.74, 6) is -1.41. The molecule has 0 N–H and O–H groups in total. The molecule has 2 amide bonds. The van der Waals surface area contributed by atoms with Crippen LogP contribution in [0.4, 0.5) is 0 Å². The van der Waals surface area contributed by atoms with Crippen LogP contribution in [-0.2, 0) is 11.3 Å². The van der Waals surface area contributed by atoms with E-state index < -0.39 is 17.8 Å². The van der Waals surface area contributed by atoms with Gasteiger partial charge in [0.05, 0.1) is 23.9 Å². The summed E-state index contributed by atoms with van der Waals surface area (Å²) in [6, 6.07) is 6.57.